The first kappa shape index (κ1) is 10.3. The van der Waals surface area contributed by atoms with Crippen molar-refractivity contribution in [3.8, 4) is 0 Å². The predicted molar refractivity (Wildman–Crippen MR) is 61.0 cm³/mol. The number of nitrogens with one attached hydrogen (secondary N) is 2. The minimum atomic E-state index is 0.0757. The van der Waals surface area contributed by atoms with Crippen LogP contribution >= 0.6 is 0 Å². The first-order chi connectivity index (χ1) is 8.34. The summed E-state index contributed by atoms with van der Waals surface area (Å²) in [5.41, 5.74) is 2.49. The first-order valence-corrected chi connectivity index (χ1v) is 5.78. The maximum atomic E-state index is 4.45. The molecule has 88 valence electrons. The molecule has 2 unspecified atom stereocenters. The van der Waals surface area contributed by atoms with E-state index in [0.29, 0.717) is 11.9 Å². The predicted octanol–water partition coefficient (Wildman–Crippen LogP) is 0.933. The van der Waals surface area contributed by atoms with Crippen molar-refractivity contribution in [2.75, 3.05) is 0 Å². The van der Waals surface area contributed by atoms with Crippen molar-refractivity contribution in [1.29, 1.82) is 0 Å². The third kappa shape index (κ3) is 1.91. The lowest BCUT2D eigenvalue weighted by Gasteiger charge is -2.16. The van der Waals surface area contributed by atoms with Crippen molar-refractivity contribution in [2.24, 2.45) is 0 Å². The molecule has 2 atom stereocenters. The highest BCUT2D eigenvalue weighted by Crippen LogP contribution is 2.30. The van der Waals surface area contributed by atoms with Crippen LogP contribution < -0.4 is 5.32 Å². The van der Waals surface area contributed by atoms with E-state index in [-0.39, 0.29) is 6.04 Å². The summed E-state index contributed by atoms with van der Waals surface area (Å²) in [7, 11) is 0. The van der Waals surface area contributed by atoms with E-state index in [0.717, 1.165) is 18.5 Å². The molecule has 2 heterocycles. The van der Waals surface area contributed by atoms with Gasteiger partial charge in [-0.15, -0.1) is 10.2 Å². The Bertz CT molecular complexity index is 494. The highest BCUT2D eigenvalue weighted by atomic mass is 15.5. The summed E-state index contributed by atoms with van der Waals surface area (Å²) in [4.78, 5) is 4.45. The van der Waals surface area contributed by atoms with Crippen LogP contribution in [0.25, 0.3) is 0 Å². The Labute approximate surface area is 98.9 Å². The largest absolute Gasteiger partial charge is 0.299 e. The second-order valence-electron chi connectivity index (χ2n) is 4.30. The van der Waals surface area contributed by atoms with Gasteiger partial charge in [-0.1, -0.05) is 11.3 Å². The van der Waals surface area contributed by atoms with Crippen LogP contribution in [0.5, 0.6) is 0 Å². The maximum absolute atomic E-state index is 4.45. The van der Waals surface area contributed by atoms with Gasteiger partial charge >= 0.3 is 0 Å². The Kier molecular flexibility index (Phi) is 2.56. The van der Waals surface area contributed by atoms with E-state index in [9.17, 15) is 0 Å². The molecule has 2 N–H and O–H groups in total. The van der Waals surface area contributed by atoms with Crippen LogP contribution in [0, 0.1) is 0 Å². The third-order valence-electron chi connectivity index (χ3n) is 3.16. The van der Waals surface area contributed by atoms with E-state index >= 15 is 0 Å². The molecule has 0 saturated heterocycles. The molecule has 17 heavy (non-hydrogen) atoms. The lowest BCUT2D eigenvalue weighted by molar-refractivity contribution is 0.444. The quantitative estimate of drug-likeness (QED) is 0.820. The van der Waals surface area contributed by atoms with E-state index in [1.54, 1.807) is 0 Å². The SMILES string of the molecule is CC(NC1CCc2cccnc21)c1nn[nH]n1. The zero-order chi connectivity index (χ0) is 11.7. The van der Waals surface area contributed by atoms with E-state index in [1.807, 2.05) is 19.2 Å². The molecule has 1 aliphatic carbocycles. The van der Waals surface area contributed by atoms with Gasteiger partial charge in [0.1, 0.15) is 0 Å². The van der Waals surface area contributed by atoms with Gasteiger partial charge in [-0.05, 0) is 31.4 Å². The van der Waals surface area contributed by atoms with Gasteiger partial charge in [0.25, 0.3) is 0 Å². The second kappa shape index (κ2) is 4.21. The topological polar surface area (TPSA) is 79.4 Å². The minimum Gasteiger partial charge on any atom is -0.299 e. The second-order valence-corrected chi connectivity index (χ2v) is 4.30. The first-order valence-electron chi connectivity index (χ1n) is 5.78. The van der Waals surface area contributed by atoms with Crippen LogP contribution in [0.15, 0.2) is 18.3 Å². The Morgan fingerprint density at radius 2 is 2.47 bits per heavy atom. The van der Waals surface area contributed by atoms with Gasteiger partial charge in [0.05, 0.1) is 17.8 Å². The van der Waals surface area contributed by atoms with Crippen LogP contribution in [0.3, 0.4) is 0 Å². The molecule has 0 saturated carbocycles. The van der Waals surface area contributed by atoms with Gasteiger partial charge in [-0.2, -0.15) is 5.21 Å². The van der Waals surface area contributed by atoms with E-state index in [4.69, 9.17) is 0 Å². The molecular formula is C11H14N6. The molecule has 2 aromatic rings. The number of aromatic amines is 1. The maximum Gasteiger partial charge on any atom is 0.191 e. The van der Waals surface area contributed by atoms with Crippen LogP contribution in [-0.2, 0) is 6.42 Å². The molecule has 3 rings (SSSR count). The van der Waals surface area contributed by atoms with Crippen molar-refractivity contribution in [1.82, 2.24) is 30.9 Å². The van der Waals surface area contributed by atoms with Crippen molar-refractivity contribution >= 4 is 0 Å². The van der Waals surface area contributed by atoms with Gasteiger partial charge in [0.15, 0.2) is 5.82 Å². The lowest BCUT2D eigenvalue weighted by Crippen LogP contribution is -2.24. The lowest BCUT2D eigenvalue weighted by atomic mass is 10.2. The summed E-state index contributed by atoms with van der Waals surface area (Å²) in [5.74, 6) is 0.689. The number of pyridine rings is 1. The number of aromatic nitrogens is 5. The average molecular weight is 230 g/mol. The number of fused-ring (bicyclic) bond motifs is 1. The van der Waals surface area contributed by atoms with Crippen LogP contribution in [-0.4, -0.2) is 25.6 Å². The normalized spacial score (nSPS) is 20.2. The molecule has 0 spiro atoms. The Morgan fingerprint density at radius 3 is 3.29 bits per heavy atom. The number of hydrogen-bond acceptors (Lipinski definition) is 5. The summed E-state index contributed by atoms with van der Waals surface area (Å²) in [5, 5.41) is 17.5. The van der Waals surface area contributed by atoms with Gasteiger partial charge in [0.2, 0.25) is 0 Å². The fraction of sp³-hybridized carbons (Fsp3) is 0.455. The summed E-state index contributed by atoms with van der Waals surface area (Å²) in [6.45, 7) is 2.03. The Balaban J connectivity index is 1.75. The fourth-order valence-corrected chi connectivity index (χ4v) is 2.30. The number of aryl methyl sites for hydroxylation is 1. The summed E-state index contributed by atoms with van der Waals surface area (Å²) in [6.07, 6.45) is 4.01. The summed E-state index contributed by atoms with van der Waals surface area (Å²) in [6, 6.07) is 4.50. The van der Waals surface area contributed by atoms with Crippen LogP contribution in [0.4, 0.5) is 0 Å². The average Bonchev–Trinajstić information content (AvgIpc) is 2.98. The Hall–Kier alpha value is -1.82. The van der Waals surface area contributed by atoms with E-state index in [2.05, 4.69) is 37.0 Å². The van der Waals surface area contributed by atoms with Gasteiger partial charge < -0.3 is 0 Å². The minimum absolute atomic E-state index is 0.0757. The van der Waals surface area contributed by atoms with Crippen molar-refractivity contribution in [2.45, 2.75) is 31.8 Å². The van der Waals surface area contributed by atoms with Crippen molar-refractivity contribution in [3.05, 3.63) is 35.4 Å². The molecule has 6 nitrogen and oxygen atoms in total. The van der Waals surface area contributed by atoms with Gasteiger partial charge in [-0.3, -0.25) is 10.3 Å². The number of hydrogen-bond donors (Lipinski definition) is 2. The zero-order valence-corrected chi connectivity index (χ0v) is 9.59. The van der Waals surface area contributed by atoms with Crippen molar-refractivity contribution < 1.29 is 0 Å². The van der Waals surface area contributed by atoms with Crippen molar-refractivity contribution in [3.63, 3.8) is 0 Å². The van der Waals surface area contributed by atoms with Crippen LogP contribution in [0.1, 0.15) is 42.5 Å². The zero-order valence-electron chi connectivity index (χ0n) is 9.59. The standard InChI is InChI=1S/C11H14N6/c1-7(11-14-16-17-15-11)13-9-5-4-8-3-2-6-12-10(8)9/h2-3,6-7,9,13H,4-5H2,1H3,(H,14,15,16,17). The van der Waals surface area contributed by atoms with Gasteiger partial charge in [0, 0.05) is 6.20 Å². The summed E-state index contributed by atoms with van der Waals surface area (Å²) < 4.78 is 0. The van der Waals surface area contributed by atoms with E-state index < -0.39 is 0 Å². The molecule has 1 aliphatic rings. The van der Waals surface area contributed by atoms with Crippen LogP contribution in [0.2, 0.25) is 0 Å². The van der Waals surface area contributed by atoms with Gasteiger partial charge in [-0.25, -0.2) is 0 Å². The number of rotatable bonds is 3. The Morgan fingerprint density at radius 1 is 1.53 bits per heavy atom. The third-order valence-corrected chi connectivity index (χ3v) is 3.16. The molecule has 0 bridgehead atoms. The smallest absolute Gasteiger partial charge is 0.191 e. The fourth-order valence-electron chi connectivity index (χ4n) is 2.30. The molecular weight excluding hydrogens is 216 g/mol. The number of H-pyrrole nitrogens is 1. The molecule has 0 aliphatic heterocycles. The van der Waals surface area contributed by atoms with E-state index in [1.165, 1.54) is 5.56 Å². The highest BCUT2D eigenvalue weighted by Gasteiger charge is 2.25. The monoisotopic (exact) mass is 230 g/mol. The molecule has 2 aromatic heterocycles. The highest BCUT2D eigenvalue weighted by molar-refractivity contribution is 5.28. The number of tetrazole rings is 1. The number of nitrogens with zero attached hydrogens (tertiary/aromatic N) is 4. The molecule has 0 radical (unpaired) electrons. The molecule has 0 fully saturated rings. The molecule has 6 heteroatoms. The summed E-state index contributed by atoms with van der Waals surface area (Å²) >= 11 is 0. The molecule has 0 amide bonds. The molecule has 0 aromatic carbocycles.